The summed E-state index contributed by atoms with van der Waals surface area (Å²) >= 11 is 19.3. The number of H-pyrrole nitrogens is 2. The highest BCUT2D eigenvalue weighted by Gasteiger charge is 2.24. The third-order valence-corrected chi connectivity index (χ3v) is 16.3. The Morgan fingerprint density at radius 1 is 0.506 bits per heavy atom. The van der Waals surface area contributed by atoms with E-state index in [0.29, 0.717) is 51.4 Å². The number of nitrogens with zero attached hydrogens (tertiary/aromatic N) is 8. The van der Waals surface area contributed by atoms with Gasteiger partial charge in [0.2, 0.25) is 17.4 Å². The average Bonchev–Trinajstić information content (AvgIpc) is 4.42. The Kier molecular flexibility index (Phi) is 22.5. The van der Waals surface area contributed by atoms with E-state index < -0.39 is 0 Å². The number of phenols is 1. The van der Waals surface area contributed by atoms with Crippen LogP contribution in [0.4, 0.5) is 0 Å². The number of imidazole rings is 2. The van der Waals surface area contributed by atoms with E-state index in [0.717, 1.165) is 56.1 Å². The zero-order valence-corrected chi connectivity index (χ0v) is 48.5. The molecule has 0 bridgehead atoms. The molecule has 0 unspecified atom stereocenters. The summed E-state index contributed by atoms with van der Waals surface area (Å²) in [6.45, 7) is 2.34. The molecule has 4 aromatic carbocycles. The second-order valence-electron chi connectivity index (χ2n) is 19.9. The number of hydrogen-bond acceptors (Lipinski definition) is 12. The van der Waals surface area contributed by atoms with Crippen LogP contribution < -0.4 is 4.74 Å². The van der Waals surface area contributed by atoms with Crippen LogP contribution in [0.15, 0.2) is 134 Å². The monoisotopic (exact) mass is 1230 g/mol. The van der Waals surface area contributed by atoms with Crippen molar-refractivity contribution in [2.45, 2.75) is 125 Å². The Morgan fingerprint density at radius 2 is 0.911 bits per heavy atom. The van der Waals surface area contributed by atoms with Crippen LogP contribution >= 0.6 is 57.4 Å². The smallest absolute Gasteiger partial charge is 0.241 e. The predicted molar refractivity (Wildman–Crippen MR) is 321 cm³/mol. The van der Waals surface area contributed by atoms with Crippen LogP contribution in [0.1, 0.15) is 165 Å². The second-order valence-corrected chi connectivity index (χ2v) is 22.7. The van der Waals surface area contributed by atoms with Crippen LogP contribution in [0, 0.1) is 5.92 Å². The summed E-state index contributed by atoms with van der Waals surface area (Å²) in [5, 5.41) is 10.3. The van der Waals surface area contributed by atoms with Gasteiger partial charge in [-0.1, -0.05) is 153 Å². The first kappa shape index (κ1) is 58.7. The second kappa shape index (κ2) is 30.3. The summed E-state index contributed by atoms with van der Waals surface area (Å²) < 4.78 is 7.02. The number of benzene rings is 4. The molecule has 4 fully saturated rings. The maximum absolute atomic E-state index is 12.8. The summed E-state index contributed by atoms with van der Waals surface area (Å²) in [4.78, 5) is 64.1. The van der Waals surface area contributed by atoms with E-state index in [-0.39, 0.29) is 27.6 Å². The highest BCUT2D eigenvalue weighted by Crippen LogP contribution is 2.38. The molecule has 5 aromatic heterocycles. The molecule has 0 spiro atoms. The van der Waals surface area contributed by atoms with Gasteiger partial charge < -0.3 is 19.8 Å². The molecule has 0 atom stereocenters. The fourth-order valence-electron chi connectivity index (χ4n) is 9.80. The molecule has 5 heterocycles. The predicted octanol–water partition coefficient (Wildman–Crippen LogP) is 16.7. The molecule has 0 saturated heterocycles. The topological polar surface area (TPSA) is 198 Å². The number of ether oxygens (including phenoxy) is 1. The van der Waals surface area contributed by atoms with Crippen molar-refractivity contribution in [3.63, 3.8) is 0 Å². The van der Waals surface area contributed by atoms with E-state index in [1.54, 1.807) is 61.2 Å². The van der Waals surface area contributed by atoms with Crippen molar-refractivity contribution in [3.05, 3.63) is 184 Å². The first-order chi connectivity index (χ1) is 38.5. The number of carbonyl (C=O) groups excluding carboxylic acids is 2. The van der Waals surface area contributed by atoms with E-state index >= 15 is 0 Å². The maximum Gasteiger partial charge on any atom is 0.241 e. The van der Waals surface area contributed by atoms with Gasteiger partial charge in [0.15, 0.2) is 27.1 Å². The molecule has 9 aromatic rings. The third kappa shape index (κ3) is 17.5. The fourth-order valence-corrected chi connectivity index (χ4v) is 11.2. The summed E-state index contributed by atoms with van der Waals surface area (Å²) in [5.41, 5.74) is 6.18. The van der Waals surface area contributed by atoms with Gasteiger partial charge in [0.05, 0.1) is 27.8 Å². The number of nitrogens with one attached hydrogen (secondary N) is 2. The molecular formula is C61H64Cl3IN10O4. The van der Waals surface area contributed by atoms with E-state index in [1.165, 1.54) is 114 Å². The number of hydrogen-bond donors (Lipinski definition) is 3. The molecule has 4 aliphatic carbocycles. The first-order valence-electron chi connectivity index (χ1n) is 27.1. The molecule has 0 radical (unpaired) electrons. The minimum Gasteiger partial charge on any atom is -0.508 e. The van der Waals surface area contributed by atoms with Crippen LogP contribution in [0.2, 0.25) is 15.5 Å². The van der Waals surface area contributed by atoms with Crippen LogP contribution in [-0.2, 0) is 0 Å². The number of ketones is 2. The third-order valence-electron chi connectivity index (χ3n) is 14.1. The summed E-state index contributed by atoms with van der Waals surface area (Å²) in [6, 6.07) is 28.2. The van der Waals surface area contributed by atoms with Gasteiger partial charge in [-0.05, 0) is 117 Å². The van der Waals surface area contributed by atoms with Gasteiger partial charge in [-0.15, -0.1) is 0 Å². The van der Waals surface area contributed by atoms with Gasteiger partial charge >= 0.3 is 0 Å². The number of alkyl halides is 1. The normalized spacial score (nSPS) is 15.3. The number of fused-ring (bicyclic) bond motifs is 2. The van der Waals surface area contributed by atoms with Crippen LogP contribution in [0.3, 0.4) is 0 Å². The fraction of sp³-hybridized carbons (Fsp3) is 0.344. The molecular weight excluding hydrogens is 1170 g/mol. The standard InChI is InChI=1S/C23H20N4O2.C14H10N2O2.C9H11ClN2.C6H12.C5H9I.C4H2Cl2N2/c28-21(22-26-18-7-3-4-8-19(18)27-22)16-9-11-17(12-10-16)29-23-20(24-13-14-25-23)15-5-1-2-6-15;17-10-7-5-9(6-8-10)13(18)14-15-11-3-1-2-4-12(11)16-14;10-9-8(11-5-6-12-9)7-3-1-2-4-7;1-6-4-2-3-5-6;6-5-3-1-2-4-5;5-3-4(6)8-2-1-7-3/h3-4,7-15H,1-2,5-6H2,(H,26,27);1-8,17H,(H,15,16);5-7H,1-4H2;6H,2-5H2,1H3;5H,1-4H2;1-2H. The number of halogens is 4. The van der Waals surface area contributed by atoms with Gasteiger partial charge in [0.25, 0.3) is 0 Å². The van der Waals surface area contributed by atoms with Crippen LogP contribution in [0.25, 0.3) is 22.1 Å². The number of carbonyl (C=O) groups is 2. The van der Waals surface area contributed by atoms with Gasteiger partial charge in [-0.25, -0.2) is 29.9 Å². The molecule has 0 amide bonds. The van der Waals surface area contributed by atoms with Crippen LogP contribution in [-0.4, -0.2) is 70.4 Å². The molecule has 14 nitrogen and oxygen atoms in total. The molecule has 0 aliphatic heterocycles. The van der Waals surface area contributed by atoms with E-state index in [9.17, 15) is 14.7 Å². The highest BCUT2D eigenvalue weighted by atomic mass is 127. The number of phenolic OH excluding ortho intramolecular Hbond substituents is 1. The number of aromatic amines is 2. The SMILES string of the molecule is CC1CCCC1.Clc1nccnc1C1CCCC1.Clc1nccnc1Cl.IC1CCCC1.O=C(c1ccc(O)cc1)c1nc2ccccc2[nH]1.O=C(c1ccc(Oc2nccnc2C2CCCC2)cc1)c1nc2ccccc2[nH]1. The Hall–Kier alpha value is -6.40. The van der Waals surface area contributed by atoms with Gasteiger partial charge in [0, 0.05) is 64.1 Å². The van der Waals surface area contributed by atoms with Crippen molar-refractivity contribution in [2.75, 3.05) is 0 Å². The van der Waals surface area contributed by atoms with Crippen molar-refractivity contribution in [1.82, 2.24) is 49.8 Å². The maximum atomic E-state index is 12.8. The van der Waals surface area contributed by atoms with Crippen molar-refractivity contribution >= 4 is 91.0 Å². The van der Waals surface area contributed by atoms with E-state index in [1.807, 2.05) is 48.5 Å². The zero-order chi connectivity index (χ0) is 55.3. The Bertz CT molecular complexity index is 3240. The first-order valence-corrected chi connectivity index (χ1v) is 29.5. The molecule has 79 heavy (non-hydrogen) atoms. The van der Waals surface area contributed by atoms with Crippen LogP contribution in [0.5, 0.6) is 17.4 Å². The number of aromatic hydroxyl groups is 1. The number of aromatic nitrogens is 10. The zero-order valence-electron chi connectivity index (χ0n) is 44.1. The molecule has 13 rings (SSSR count). The van der Waals surface area contributed by atoms with Gasteiger partial charge in [0.1, 0.15) is 17.2 Å². The lowest BCUT2D eigenvalue weighted by Gasteiger charge is -2.13. The molecule has 3 N–H and O–H groups in total. The Morgan fingerprint density at radius 3 is 1.34 bits per heavy atom. The van der Waals surface area contributed by atoms with Crippen molar-refractivity contribution in [2.24, 2.45) is 5.92 Å². The lowest BCUT2D eigenvalue weighted by atomic mass is 10.0. The van der Waals surface area contributed by atoms with Gasteiger partial charge in [-0.2, -0.15) is 0 Å². The summed E-state index contributed by atoms with van der Waals surface area (Å²) in [5.74, 6) is 3.63. The highest BCUT2D eigenvalue weighted by molar-refractivity contribution is 14.1. The minimum atomic E-state index is -0.189. The number of para-hydroxylation sites is 4. The van der Waals surface area contributed by atoms with Crippen molar-refractivity contribution in [1.29, 1.82) is 0 Å². The summed E-state index contributed by atoms with van der Waals surface area (Å²) in [6.07, 6.45) is 31.3. The lowest BCUT2D eigenvalue weighted by molar-refractivity contribution is 0.102. The largest absolute Gasteiger partial charge is 0.508 e. The van der Waals surface area contributed by atoms with Crippen molar-refractivity contribution in [3.8, 4) is 17.4 Å². The quantitative estimate of drug-likeness (QED) is 0.0740. The molecule has 18 heteroatoms. The average molecular weight is 1230 g/mol. The van der Waals surface area contributed by atoms with E-state index in [2.05, 4.69) is 79.4 Å². The lowest BCUT2D eigenvalue weighted by Crippen LogP contribution is -2.04. The summed E-state index contributed by atoms with van der Waals surface area (Å²) in [7, 11) is 0. The Labute approximate surface area is 489 Å². The number of rotatable bonds is 8. The molecule has 4 saturated carbocycles. The minimum absolute atomic E-state index is 0.135. The van der Waals surface area contributed by atoms with E-state index in [4.69, 9.17) is 39.5 Å². The molecule has 410 valence electrons. The van der Waals surface area contributed by atoms with Crippen molar-refractivity contribution < 1.29 is 19.4 Å². The Balaban J connectivity index is 0.000000139. The molecule has 4 aliphatic rings. The van der Waals surface area contributed by atoms with Gasteiger partial charge in [-0.3, -0.25) is 19.6 Å².